The van der Waals surface area contributed by atoms with Crippen molar-refractivity contribution in [3.8, 4) is 0 Å². The molecule has 0 unspecified atom stereocenters. The van der Waals surface area contributed by atoms with E-state index in [0.29, 0.717) is 25.5 Å². The van der Waals surface area contributed by atoms with Crippen LogP contribution >= 0.6 is 0 Å². The van der Waals surface area contributed by atoms with E-state index in [1.165, 1.54) is 0 Å². The number of rotatable bonds is 7. The van der Waals surface area contributed by atoms with E-state index >= 15 is 0 Å². The zero-order valence-corrected chi connectivity index (χ0v) is 12.6. The maximum atomic E-state index is 12.2. The van der Waals surface area contributed by atoms with E-state index in [4.69, 9.17) is 5.11 Å². The molecule has 2 heterocycles. The maximum Gasteiger partial charge on any atom is 0.323 e. The number of hydrogen-bond donors (Lipinski definition) is 2. The van der Waals surface area contributed by atoms with Gasteiger partial charge in [0.05, 0.1) is 25.0 Å². The molecule has 0 saturated heterocycles. The minimum absolute atomic E-state index is 0.0549. The second-order valence-corrected chi connectivity index (χ2v) is 4.84. The molecule has 0 spiro atoms. The van der Waals surface area contributed by atoms with Gasteiger partial charge in [-0.25, -0.2) is 9.48 Å². The minimum Gasteiger partial charge on any atom is -0.395 e. The monoisotopic (exact) mass is 303 g/mol. The molecule has 0 bridgehead atoms. The van der Waals surface area contributed by atoms with Gasteiger partial charge in [-0.15, -0.1) is 0 Å². The molecule has 0 fully saturated rings. The van der Waals surface area contributed by atoms with Crippen molar-refractivity contribution in [3.63, 3.8) is 0 Å². The molecular weight excluding hydrogens is 282 g/mol. The summed E-state index contributed by atoms with van der Waals surface area (Å²) >= 11 is 0. The minimum atomic E-state index is -0.237. The van der Waals surface area contributed by atoms with Crippen LogP contribution in [0.15, 0.2) is 36.7 Å². The number of nitrogens with zero attached hydrogens (tertiary/aromatic N) is 4. The number of anilines is 1. The Balaban J connectivity index is 2.04. The van der Waals surface area contributed by atoms with E-state index in [2.05, 4.69) is 15.4 Å². The lowest BCUT2D eigenvalue weighted by molar-refractivity contribution is 0.188. The molecule has 118 valence electrons. The third kappa shape index (κ3) is 4.29. The molecule has 7 nitrogen and oxygen atoms in total. The molecule has 0 aliphatic carbocycles. The van der Waals surface area contributed by atoms with Gasteiger partial charge in [-0.1, -0.05) is 13.0 Å². The van der Waals surface area contributed by atoms with Crippen molar-refractivity contribution in [3.05, 3.63) is 42.4 Å². The van der Waals surface area contributed by atoms with Gasteiger partial charge in [0.2, 0.25) is 0 Å². The molecule has 0 aromatic carbocycles. The van der Waals surface area contributed by atoms with Crippen molar-refractivity contribution < 1.29 is 9.90 Å². The summed E-state index contributed by atoms with van der Waals surface area (Å²) in [5.41, 5.74) is 0.863. The number of pyridine rings is 1. The zero-order valence-electron chi connectivity index (χ0n) is 12.6. The van der Waals surface area contributed by atoms with Gasteiger partial charge in [-0.2, -0.15) is 5.10 Å². The summed E-state index contributed by atoms with van der Waals surface area (Å²) in [6.45, 7) is 3.33. The van der Waals surface area contributed by atoms with Crippen LogP contribution in [0.5, 0.6) is 0 Å². The molecule has 7 heteroatoms. The van der Waals surface area contributed by atoms with Gasteiger partial charge in [0.25, 0.3) is 0 Å². The van der Waals surface area contributed by atoms with Crippen molar-refractivity contribution in [1.82, 2.24) is 19.7 Å². The molecule has 0 saturated carbocycles. The lowest BCUT2D eigenvalue weighted by atomic mass is 10.3. The molecule has 22 heavy (non-hydrogen) atoms. The van der Waals surface area contributed by atoms with Crippen LogP contribution in [-0.2, 0) is 6.54 Å². The van der Waals surface area contributed by atoms with E-state index in [1.807, 2.05) is 25.1 Å². The van der Waals surface area contributed by atoms with Gasteiger partial charge in [0.15, 0.2) is 0 Å². The Morgan fingerprint density at radius 3 is 2.86 bits per heavy atom. The summed E-state index contributed by atoms with van der Waals surface area (Å²) in [4.78, 5) is 18.1. The average Bonchev–Trinajstić information content (AvgIpc) is 2.95. The fourth-order valence-electron chi connectivity index (χ4n) is 2.10. The SMILES string of the molecule is CCCN(CCO)C(=O)Nc1ccnn1Cc1ccccn1. The van der Waals surface area contributed by atoms with Crippen LogP contribution in [0.3, 0.4) is 0 Å². The third-order valence-electron chi connectivity index (χ3n) is 3.14. The van der Waals surface area contributed by atoms with Crippen molar-refractivity contribution in [2.24, 2.45) is 0 Å². The first-order valence-electron chi connectivity index (χ1n) is 7.33. The average molecular weight is 303 g/mol. The number of nitrogens with one attached hydrogen (secondary N) is 1. The number of carbonyl (C=O) groups excluding carboxylic acids is 1. The molecular formula is C15H21N5O2. The highest BCUT2D eigenvalue weighted by Gasteiger charge is 2.14. The van der Waals surface area contributed by atoms with Gasteiger partial charge in [-0.3, -0.25) is 10.3 Å². The predicted octanol–water partition coefficient (Wildman–Crippen LogP) is 1.56. The second kappa shape index (κ2) is 8.14. The quantitative estimate of drug-likeness (QED) is 0.813. The summed E-state index contributed by atoms with van der Waals surface area (Å²) in [5, 5.41) is 16.1. The standard InChI is InChI=1S/C15H21N5O2/c1-2-9-19(10-11-21)15(22)18-14-6-8-17-20(14)12-13-5-3-4-7-16-13/h3-8,21H,2,9-12H2,1H3,(H,18,22). The molecule has 2 aromatic heterocycles. The highest BCUT2D eigenvalue weighted by Crippen LogP contribution is 2.10. The Bertz CT molecular complexity index is 579. The molecule has 0 atom stereocenters. The molecule has 2 rings (SSSR count). The summed E-state index contributed by atoms with van der Waals surface area (Å²) in [6, 6.07) is 7.17. The van der Waals surface area contributed by atoms with Gasteiger partial charge >= 0.3 is 6.03 Å². The maximum absolute atomic E-state index is 12.2. The topological polar surface area (TPSA) is 83.3 Å². The third-order valence-corrected chi connectivity index (χ3v) is 3.14. The van der Waals surface area contributed by atoms with Crippen LogP contribution < -0.4 is 5.32 Å². The number of hydrogen-bond acceptors (Lipinski definition) is 4. The fourth-order valence-corrected chi connectivity index (χ4v) is 2.10. The van der Waals surface area contributed by atoms with Crippen LogP contribution in [0.2, 0.25) is 0 Å². The number of urea groups is 1. The Labute approximate surface area is 129 Å². The van der Waals surface area contributed by atoms with Gasteiger partial charge in [0, 0.05) is 25.4 Å². The molecule has 0 radical (unpaired) electrons. The van der Waals surface area contributed by atoms with Crippen molar-refractivity contribution in [2.45, 2.75) is 19.9 Å². The number of carbonyl (C=O) groups is 1. The lowest BCUT2D eigenvalue weighted by Crippen LogP contribution is -2.38. The van der Waals surface area contributed by atoms with Gasteiger partial charge in [-0.05, 0) is 18.6 Å². The molecule has 2 N–H and O–H groups in total. The summed E-state index contributed by atoms with van der Waals surface area (Å²) in [5.74, 6) is 0.606. The largest absolute Gasteiger partial charge is 0.395 e. The molecule has 0 aliphatic rings. The molecule has 2 aromatic rings. The van der Waals surface area contributed by atoms with E-state index in [1.54, 1.807) is 28.0 Å². The first-order valence-corrected chi connectivity index (χ1v) is 7.33. The van der Waals surface area contributed by atoms with Crippen molar-refractivity contribution >= 4 is 11.8 Å². The van der Waals surface area contributed by atoms with E-state index in [9.17, 15) is 4.79 Å². The highest BCUT2D eigenvalue weighted by atomic mass is 16.3. The van der Waals surface area contributed by atoms with Crippen LogP contribution in [0, 0.1) is 0 Å². The smallest absolute Gasteiger partial charge is 0.323 e. The van der Waals surface area contributed by atoms with E-state index in [0.717, 1.165) is 12.1 Å². The summed E-state index contributed by atoms with van der Waals surface area (Å²) in [6.07, 6.45) is 4.19. The fraction of sp³-hybridized carbons (Fsp3) is 0.400. The van der Waals surface area contributed by atoms with Crippen LogP contribution in [0.4, 0.5) is 10.6 Å². The van der Waals surface area contributed by atoms with E-state index in [-0.39, 0.29) is 12.6 Å². The first-order chi connectivity index (χ1) is 10.7. The number of amides is 2. The van der Waals surface area contributed by atoms with Gasteiger partial charge in [0.1, 0.15) is 5.82 Å². The normalized spacial score (nSPS) is 10.5. The Hall–Kier alpha value is -2.41. The number of aromatic nitrogens is 3. The van der Waals surface area contributed by atoms with Gasteiger partial charge < -0.3 is 10.0 Å². The molecule has 2 amide bonds. The first kappa shape index (κ1) is 16.0. The Morgan fingerprint density at radius 2 is 2.18 bits per heavy atom. The van der Waals surface area contributed by atoms with Crippen molar-refractivity contribution in [1.29, 1.82) is 0 Å². The van der Waals surface area contributed by atoms with Crippen molar-refractivity contribution in [2.75, 3.05) is 25.0 Å². The van der Waals surface area contributed by atoms with Crippen LogP contribution in [0.1, 0.15) is 19.0 Å². The number of aliphatic hydroxyl groups is 1. The Kier molecular flexibility index (Phi) is 5.91. The number of aliphatic hydroxyl groups excluding tert-OH is 1. The predicted molar refractivity (Wildman–Crippen MR) is 83.5 cm³/mol. The second-order valence-electron chi connectivity index (χ2n) is 4.84. The van der Waals surface area contributed by atoms with Crippen LogP contribution in [0.25, 0.3) is 0 Å². The van der Waals surface area contributed by atoms with E-state index < -0.39 is 0 Å². The zero-order chi connectivity index (χ0) is 15.8. The summed E-state index contributed by atoms with van der Waals surface area (Å²) in [7, 11) is 0. The summed E-state index contributed by atoms with van der Waals surface area (Å²) < 4.78 is 1.68. The lowest BCUT2D eigenvalue weighted by Gasteiger charge is -2.21. The highest BCUT2D eigenvalue weighted by molar-refractivity contribution is 5.88. The molecule has 0 aliphatic heterocycles. The Morgan fingerprint density at radius 1 is 1.32 bits per heavy atom. The van der Waals surface area contributed by atoms with Crippen LogP contribution in [-0.4, -0.2) is 50.5 Å².